The molecule has 0 amide bonds. The summed E-state index contributed by atoms with van der Waals surface area (Å²) in [6.07, 6.45) is 5.48. The molecule has 2 aromatic heterocycles. The average Bonchev–Trinajstić information content (AvgIpc) is 2.32. The largest absolute Gasteiger partial charge is 0.306 e. The number of aromatic nitrogens is 3. The highest BCUT2D eigenvalue weighted by atomic mass is 79.9. The highest BCUT2D eigenvalue weighted by molar-refractivity contribution is 9.10. The Balaban J connectivity index is 2.40. The fourth-order valence-electron chi connectivity index (χ4n) is 1.56. The first-order valence-electron chi connectivity index (χ1n) is 5.65. The van der Waals surface area contributed by atoms with Gasteiger partial charge in [-0.15, -0.1) is 0 Å². The van der Waals surface area contributed by atoms with Gasteiger partial charge in [0.15, 0.2) is 17.9 Å². The molecule has 0 aliphatic rings. The van der Waals surface area contributed by atoms with E-state index in [4.69, 9.17) is 0 Å². The van der Waals surface area contributed by atoms with Crippen LogP contribution in [0.3, 0.4) is 0 Å². The van der Waals surface area contributed by atoms with Crippen LogP contribution in [-0.2, 0) is 5.54 Å². The first kappa shape index (κ1) is 13.0. The van der Waals surface area contributed by atoms with Crippen molar-refractivity contribution in [1.82, 2.24) is 9.97 Å². The predicted octanol–water partition coefficient (Wildman–Crippen LogP) is 2.24. The predicted molar refractivity (Wildman–Crippen MR) is 73.2 cm³/mol. The molecule has 1 N–H and O–H groups in total. The first-order chi connectivity index (χ1) is 8.38. The van der Waals surface area contributed by atoms with Crippen LogP contribution < -0.4 is 10.1 Å². The van der Waals surface area contributed by atoms with E-state index in [1.807, 2.05) is 24.5 Å². The molecule has 0 saturated heterocycles. The van der Waals surface area contributed by atoms with Crippen LogP contribution in [0.2, 0.25) is 0 Å². The molecule has 0 fully saturated rings. The molecule has 2 rings (SSSR count). The second-order valence-electron chi connectivity index (χ2n) is 5.07. The molecule has 4 nitrogen and oxygen atoms in total. The van der Waals surface area contributed by atoms with Crippen LogP contribution in [0.1, 0.15) is 20.8 Å². The molecular weight excluding hydrogens is 294 g/mol. The van der Waals surface area contributed by atoms with Crippen LogP contribution in [0.25, 0.3) is 11.4 Å². The number of hydrogen-bond acceptors (Lipinski definition) is 2. The zero-order chi connectivity index (χ0) is 13.3. The Morgan fingerprint density at radius 2 is 1.89 bits per heavy atom. The van der Waals surface area contributed by atoms with Crippen molar-refractivity contribution in [3.63, 3.8) is 0 Å². The third-order valence-electron chi connectivity index (χ3n) is 2.63. The van der Waals surface area contributed by atoms with E-state index in [9.17, 15) is 4.79 Å². The normalized spacial score (nSPS) is 11.6. The molecule has 0 aliphatic heterocycles. The molecule has 5 heteroatoms. The Morgan fingerprint density at radius 3 is 2.39 bits per heavy atom. The summed E-state index contributed by atoms with van der Waals surface area (Å²) in [4.78, 5) is 18.4. The van der Waals surface area contributed by atoms with Crippen molar-refractivity contribution in [2.45, 2.75) is 26.3 Å². The molecule has 0 saturated carbocycles. The van der Waals surface area contributed by atoms with Gasteiger partial charge in [0.05, 0.1) is 0 Å². The third kappa shape index (κ3) is 2.67. The molecule has 0 unspecified atom stereocenters. The highest BCUT2D eigenvalue weighted by Gasteiger charge is 2.20. The van der Waals surface area contributed by atoms with E-state index in [0.717, 1.165) is 5.56 Å². The van der Waals surface area contributed by atoms with Gasteiger partial charge in [-0.1, -0.05) is 0 Å². The maximum Gasteiger partial charge on any atom is 0.265 e. The van der Waals surface area contributed by atoms with Gasteiger partial charge < -0.3 is 4.98 Å². The number of nitrogens with zero attached hydrogens (tertiary/aromatic N) is 2. The standard InChI is InChI=1S/C13H14BrN3O/c1-13(2,3)17-6-4-9(5-7-17)11-15-8-10(14)12(18)16-11/h4-8H,1-3H3/p+1. The Kier molecular flexibility index (Phi) is 3.34. The zero-order valence-electron chi connectivity index (χ0n) is 10.6. The molecule has 2 aromatic rings. The zero-order valence-corrected chi connectivity index (χ0v) is 12.2. The fraction of sp³-hybridized carbons (Fsp3) is 0.308. The minimum atomic E-state index is -0.174. The van der Waals surface area contributed by atoms with Crippen molar-refractivity contribution in [1.29, 1.82) is 0 Å². The average molecular weight is 309 g/mol. The van der Waals surface area contributed by atoms with E-state index >= 15 is 0 Å². The minimum Gasteiger partial charge on any atom is -0.306 e. The molecule has 94 valence electrons. The minimum absolute atomic E-state index is 0.0408. The summed E-state index contributed by atoms with van der Waals surface area (Å²) in [6.45, 7) is 6.39. The van der Waals surface area contributed by atoms with Crippen LogP contribution in [0.15, 0.2) is 40.0 Å². The fourth-order valence-corrected chi connectivity index (χ4v) is 1.76. The summed E-state index contributed by atoms with van der Waals surface area (Å²) in [6, 6.07) is 3.88. The van der Waals surface area contributed by atoms with E-state index in [-0.39, 0.29) is 11.1 Å². The highest BCUT2D eigenvalue weighted by Crippen LogP contribution is 2.13. The second-order valence-corrected chi connectivity index (χ2v) is 5.93. The number of rotatable bonds is 1. The molecule has 0 spiro atoms. The van der Waals surface area contributed by atoms with E-state index in [0.29, 0.717) is 10.3 Å². The van der Waals surface area contributed by atoms with Gasteiger partial charge in [0.2, 0.25) is 0 Å². The van der Waals surface area contributed by atoms with Crippen molar-refractivity contribution in [2.75, 3.05) is 0 Å². The summed E-state index contributed by atoms with van der Waals surface area (Å²) in [5.74, 6) is 0.573. The van der Waals surface area contributed by atoms with Crippen molar-refractivity contribution in [2.24, 2.45) is 0 Å². The van der Waals surface area contributed by atoms with E-state index in [1.165, 1.54) is 6.20 Å². The van der Waals surface area contributed by atoms with E-state index in [1.54, 1.807) is 0 Å². The van der Waals surface area contributed by atoms with Gasteiger partial charge in [-0.25, -0.2) is 9.55 Å². The van der Waals surface area contributed by atoms with Gasteiger partial charge in [0, 0.05) is 44.7 Å². The Hall–Kier alpha value is -1.49. The van der Waals surface area contributed by atoms with Gasteiger partial charge >= 0.3 is 0 Å². The summed E-state index contributed by atoms with van der Waals surface area (Å²) < 4.78 is 2.54. The van der Waals surface area contributed by atoms with Crippen LogP contribution in [-0.4, -0.2) is 9.97 Å². The molecule has 2 heterocycles. The van der Waals surface area contributed by atoms with Gasteiger partial charge in [-0.3, -0.25) is 4.79 Å². The SMILES string of the molecule is CC(C)(C)[n+]1ccc(-c2ncc(Br)c(=O)[nH]2)cc1. The lowest BCUT2D eigenvalue weighted by atomic mass is 10.1. The molecule has 0 aromatic carbocycles. The summed E-state index contributed by atoms with van der Waals surface area (Å²) >= 11 is 3.13. The van der Waals surface area contributed by atoms with E-state index < -0.39 is 0 Å². The van der Waals surface area contributed by atoms with Crippen molar-refractivity contribution in [3.05, 3.63) is 45.5 Å². The van der Waals surface area contributed by atoms with Crippen molar-refractivity contribution in [3.8, 4) is 11.4 Å². The van der Waals surface area contributed by atoms with Crippen molar-refractivity contribution >= 4 is 15.9 Å². The quantitative estimate of drug-likeness (QED) is 0.821. The smallest absolute Gasteiger partial charge is 0.265 e. The van der Waals surface area contributed by atoms with Crippen molar-refractivity contribution < 1.29 is 4.57 Å². The van der Waals surface area contributed by atoms with Crippen LogP contribution >= 0.6 is 15.9 Å². The molecular formula is C13H15BrN3O+. The molecule has 18 heavy (non-hydrogen) atoms. The molecule has 0 atom stereocenters. The van der Waals surface area contributed by atoms with E-state index in [2.05, 4.69) is 51.2 Å². The second kappa shape index (κ2) is 4.65. The Labute approximate surface area is 114 Å². The third-order valence-corrected chi connectivity index (χ3v) is 3.20. The summed E-state index contributed by atoms with van der Waals surface area (Å²) in [7, 11) is 0. The summed E-state index contributed by atoms with van der Waals surface area (Å²) in [5.41, 5.74) is 0.756. The number of H-pyrrole nitrogens is 1. The Morgan fingerprint density at radius 1 is 1.28 bits per heavy atom. The number of pyridine rings is 1. The molecule has 0 bridgehead atoms. The van der Waals surface area contributed by atoms with Crippen LogP contribution in [0, 0.1) is 0 Å². The number of aromatic amines is 1. The lowest BCUT2D eigenvalue weighted by Gasteiger charge is -2.12. The molecule has 0 radical (unpaired) electrons. The maximum atomic E-state index is 11.5. The van der Waals surface area contributed by atoms with Crippen LogP contribution in [0.4, 0.5) is 0 Å². The number of nitrogens with one attached hydrogen (secondary N) is 1. The maximum absolute atomic E-state index is 11.5. The summed E-state index contributed by atoms with van der Waals surface area (Å²) in [5, 5.41) is 0. The monoisotopic (exact) mass is 308 g/mol. The number of hydrogen-bond donors (Lipinski definition) is 1. The van der Waals surface area contributed by atoms with Crippen LogP contribution in [0.5, 0.6) is 0 Å². The lowest BCUT2D eigenvalue weighted by Crippen LogP contribution is -2.49. The number of halogens is 1. The van der Waals surface area contributed by atoms with Gasteiger partial charge in [0.1, 0.15) is 10.3 Å². The first-order valence-corrected chi connectivity index (χ1v) is 6.44. The van der Waals surface area contributed by atoms with Gasteiger partial charge in [0.25, 0.3) is 5.56 Å². The lowest BCUT2D eigenvalue weighted by molar-refractivity contribution is -0.754. The van der Waals surface area contributed by atoms with Gasteiger partial charge in [-0.2, -0.15) is 0 Å². The van der Waals surface area contributed by atoms with Gasteiger partial charge in [-0.05, 0) is 15.9 Å². The molecule has 0 aliphatic carbocycles. The Bertz CT molecular complexity index is 611. The topological polar surface area (TPSA) is 49.6 Å².